The first-order valence-corrected chi connectivity index (χ1v) is 8.91. The van der Waals surface area contributed by atoms with Gasteiger partial charge in [-0.3, -0.25) is 0 Å². The van der Waals surface area contributed by atoms with E-state index in [1.165, 1.54) is 3.97 Å². The van der Waals surface area contributed by atoms with Crippen LogP contribution in [0.15, 0.2) is 53.2 Å². The Morgan fingerprint density at radius 2 is 2.14 bits per heavy atom. The van der Waals surface area contributed by atoms with Crippen molar-refractivity contribution >= 4 is 36.9 Å². The molecule has 3 rings (SSSR count). The number of aromatic nitrogens is 1. The Labute approximate surface area is 137 Å². The fourth-order valence-electron chi connectivity index (χ4n) is 2.61. The highest BCUT2D eigenvalue weighted by molar-refractivity contribution is 9.11. The van der Waals surface area contributed by atoms with E-state index in [0.717, 1.165) is 9.87 Å². The number of benzene rings is 1. The highest BCUT2D eigenvalue weighted by atomic mass is 79.9. The molecule has 0 saturated carbocycles. The first kappa shape index (κ1) is 15.1. The van der Waals surface area contributed by atoms with Crippen molar-refractivity contribution in [2.45, 2.75) is 18.1 Å². The monoisotopic (exact) mass is 376 g/mol. The maximum Gasteiger partial charge on any atom is 0.248 e. The van der Waals surface area contributed by atoms with Crippen molar-refractivity contribution in [1.29, 1.82) is 5.26 Å². The van der Waals surface area contributed by atoms with Crippen LogP contribution in [0.25, 0.3) is 10.9 Å². The maximum atomic E-state index is 13.1. The van der Waals surface area contributed by atoms with Gasteiger partial charge in [-0.05, 0) is 35.7 Å². The number of fused-ring (bicyclic) bond motifs is 1. The van der Waals surface area contributed by atoms with Crippen molar-refractivity contribution in [1.82, 2.24) is 3.97 Å². The highest BCUT2D eigenvalue weighted by Gasteiger charge is 2.40. The zero-order valence-electron chi connectivity index (χ0n) is 11.8. The number of halogens is 1. The number of nitrogens with zero attached hydrogens (tertiary/aromatic N) is 2. The van der Waals surface area contributed by atoms with Crippen LogP contribution in [0.5, 0.6) is 0 Å². The van der Waals surface area contributed by atoms with Gasteiger partial charge in [-0.2, -0.15) is 5.26 Å². The maximum absolute atomic E-state index is 13.1. The second-order valence-electron chi connectivity index (χ2n) is 5.46. The molecular weight excluding hydrogens is 364 g/mol. The molecule has 1 aromatic heterocycles. The molecule has 1 aromatic carbocycles. The van der Waals surface area contributed by atoms with Gasteiger partial charge in [-0.15, -0.1) is 0 Å². The summed E-state index contributed by atoms with van der Waals surface area (Å²) in [6, 6.07) is 8.77. The van der Waals surface area contributed by atoms with Crippen molar-refractivity contribution in [2.75, 3.05) is 0 Å². The summed E-state index contributed by atoms with van der Waals surface area (Å²) in [6.45, 7) is 1.71. The van der Waals surface area contributed by atoms with Gasteiger partial charge in [0.2, 0.25) is 10.0 Å². The van der Waals surface area contributed by atoms with Gasteiger partial charge < -0.3 is 0 Å². The lowest BCUT2D eigenvalue weighted by Crippen LogP contribution is -2.38. The molecule has 0 aliphatic heterocycles. The van der Waals surface area contributed by atoms with E-state index in [0.29, 0.717) is 17.5 Å². The number of nitriles is 1. The molecule has 0 bridgehead atoms. The summed E-state index contributed by atoms with van der Waals surface area (Å²) in [6.07, 6.45) is 7.26. The van der Waals surface area contributed by atoms with Crippen LogP contribution in [0.4, 0.5) is 0 Å². The van der Waals surface area contributed by atoms with E-state index in [4.69, 9.17) is 5.26 Å². The summed E-state index contributed by atoms with van der Waals surface area (Å²) < 4.78 is 27.3. The zero-order valence-corrected chi connectivity index (χ0v) is 14.2. The summed E-state index contributed by atoms with van der Waals surface area (Å²) in [5.41, 5.74) is 1.09. The van der Waals surface area contributed by atoms with Crippen molar-refractivity contribution in [3.8, 4) is 6.07 Å². The van der Waals surface area contributed by atoms with Crippen LogP contribution in [0, 0.1) is 11.3 Å². The molecule has 1 aliphatic rings. The summed E-state index contributed by atoms with van der Waals surface area (Å²) in [5.74, 6) is 0. The molecule has 1 aliphatic carbocycles. The lowest BCUT2D eigenvalue weighted by Gasteiger charge is -2.28. The first-order valence-electron chi connectivity index (χ1n) is 6.68. The Kier molecular flexibility index (Phi) is 3.50. The van der Waals surface area contributed by atoms with Crippen LogP contribution in [0.1, 0.15) is 18.9 Å². The van der Waals surface area contributed by atoms with Gasteiger partial charge in [0.15, 0.2) is 0 Å². The summed E-state index contributed by atoms with van der Waals surface area (Å²) >= 11 is 3.39. The Balaban J connectivity index is 2.17. The summed E-state index contributed by atoms with van der Waals surface area (Å²) in [5, 5.41) is 9.68. The van der Waals surface area contributed by atoms with Crippen LogP contribution in [0.2, 0.25) is 0 Å². The molecule has 1 atom stereocenters. The molecule has 0 radical (unpaired) electrons. The average Bonchev–Trinajstić information content (AvgIpc) is 2.90. The highest BCUT2D eigenvalue weighted by Crippen LogP contribution is 2.35. The van der Waals surface area contributed by atoms with E-state index >= 15 is 0 Å². The minimum absolute atomic E-state index is 0.391. The summed E-state index contributed by atoms with van der Waals surface area (Å²) in [7, 11) is -3.62. The molecule has 6 heteroatoms. The fourth-order valence-corrected chi connectivity index (χ4v) is 5.21. The van der Waals surface area contributed by atoms with Crippen molar-refractivity contribution < 1.29 is 8.42 Å². The SMILES string of the molecule is CC1(S(=O)(=O)n2ccc3cc(C#N)ccc32)C=CC=C(Br)C1. The zero-order chi connectivity index (χ0) is 16.0. The van der Waals surface area contributed by atoms with E-state index in [2.05, 4.69) is 22.0 Å². The molecule has 1 unspecified atom stereocenters. The Hall–Kier alpha value is -1.84. The van der Waals surface area contributed by atoms with Gasteiger partial charge in [-0.1, -0.05) is 34.2 Å². The lowest BCUT2D eigenvalue weighted by molar-refractivity contribution is 0.554. The first-order chi connectivity index (χ1) is 10.4. The topological polar surface area (TPSA) is 62.9 Å². The predicted octanol–water partition coefficient (Wildman–Crippen LogP) is 3.69. The van der Waals surface area contributed by atoms with E-state index in [9.17, 15) is 8.42 Å². The van der Waals surface area contributed by atoms with Crippen LogP contribution in [-0.4, -0.2) is 17.1 Å². The van der Waals surface area contributed by atoms with E-state index < -0.39 is 14.8 Å². The Morgan fingerprint density at radius 1 is 1.36 bits per heavy atom. The van der Waals surface area contributed by atoms with Crippen molar-refractivity contribution in [2.24, 2.45) is 0 Å². The predicted molar refractivity (Wildman–Crippen MR) is 90.1 cm³/mol. The molecule has 22 heavy (non-hydrogen) atoms. The second-order valence-corrected chi connectivity index (χ2v) is 8.76. The molecule has 0 saturated heterocycles. The fraction of sp³-hybridized carbons (Fsp3) is 0.188. The van der Waals surface area contributed by atoms with Crippen molar-refractivity contribution in [3.63, 3.8) is 0 Å². The van der Waals surface area contributed by atoms with Gasteiger partial charge >= 0.3 is 0 Å². The van der Waals surface area contributed by atoms with Gasteiger partial charge in [0.1, 0.15) is 4.75 Å². The van der Waals surface area contributed by atoms with Gasteiger partial charge in [-0.25, -0.2) is 12.4 Å². The molecule has 2 aromatic rings. The standard InChI is InChI=1S/C16H13BrN2O2S/c1-16(7-2-3-14(17)10-16)22(20,21)19-8-6-13-9-12(11-18)4-5-15(13)19/h2-9H,10H2,1H3. The van der Waals surface area contributed by atoms with Gasteiger partial charge in [0.25, 0.3) is 0 Å². The molecule has 0 amide bonds. The second kappa shape index (κ2) is 5.11. The number of rotatable bonds is 2. The number of allylic oxidation sites excluding steroid dienone is 3. The molecular formula is C16H13BrN2O2S. The third-order valence-corrected chi connectivity index (χ3v) is 6.72. The number of hydrogen-bond donors (Lipinski definition) is 0. The Morgan fingerprint density at radius 3 is 2.82 bits per heavy atom. The van der Waals surface area contributed by atoms with E-state index in [1.54, 1.807) is 49.5 Å². The van der Waals surface area contributed by atoms with Crippen LogP contribution >= 0.6 is 15.9 Å². The minimum atomic E-state index is -3.62. The molecule has 0 fully saturated rings. The van der Waals surface area contributed by atoms with E-state index in [1.807, 2.05) is 6.08 Å². The molecule has 4 nitrogen and oxygen atoms in total. The molecule has 112 valence electrons. The summed E-state index contributed by atoms with van der Waals surface area (Å²) in [4.78, 5) is 0. The van der Waals surface area contributed by atoms with Crippen LogP contribution in [0.3, 0.4) is 0 Å². The molecule has 0 spiro atoms. The van der Waals surface area contributed by atoms with Crippen molar-refractivity contribution in [3.05, 3.63) is 58.7 Å². The van der Waals surface area contributed by atoms with E-state index in [-0.39, 0.29) is 0 Å². The molecule has 1 heterocycles. The van der Waals surface area contributed by atoms with Gasteiger partial charge in [0.05, 0.1) is 17.1 Å². The van der Waals surface area contributed by atoms with Crippen LogP contribution < -0.4 is 0 Å². The van der Waals surface area contributed by atoms with Crippen LogP contribution in [-0.2, 0) is 10.0 Å². The molecule has 0 N–H and O–H groups in total. The normalized spacial score (nSPS) is 21.6. The van der Waals surface area contributed by atoms with Gasteiger partial charge in [0, 0.05) is 18.0 Å². The lowest BCUT2D eigenvalue weighted by atomic mass is 10.0. The quantitative estimate of drug-likeness (QED) is 0.802. The third kappa shape index (κ3) is 2.21. The third-order valence-electron chi connectivity index (χ3n) is 3.88. The largest absolute Gasteiger partial charge is 0.248 e. The minimum Gasteiger partial charge on any atom is -0.244 e. The smallest absolute Gasteiger partial charge is 0.244 e. The average molecular weight is 377 g/mol. The number of hydrogen-bond acceptors (Lipinski definition) is 3. The Bertz CT molecular complexity index is 964.